The van der Waals surface area contributed by atoms with E-state index in [4.69, 9.17) is 4.42 Å². The lowest BCUT2D eigenvalue weighted by molar-refractivity contribution is 0.490. The van der Waals surface area contributed by atoms with Crippen molar-refractivity contribution in [2.45, 2.75) is 19.9 Å². The van der Waals surface area contributed by atoms with Gasteiger partial charge in [-0.25, -0.2) is 4.39 Å². The molecule has 1 heterocycles. The largest absolute Gasteiger partial charge is 0.459 e. The summed E-state index contributed by atoms with van der Waals surface area (Å²) in [5.41, 5.74) is 3.70. The van der Waals surface area contributed by atoms with Crippen molar-refractivity contribution in [1.29, 1.82) is 0 Å². The molecule has 1 atom stereocenters. The molecule has 0 bridgehead atoms. The topological polar surface area (TPSA) is 25.2 Å². The van der Waals surface area contributed by atoms with Crippen LogP contribution < -0.4 is 5.32 Å². The molecule has 0 aliphatic rings. The number of fused-ring (bicyclic) bond motifs is 1. The van der Waals surface area contributed by atoms with Crippen molar-refractivity contribution in [2.24, 2.45) is 0 Å². The van der Waals surface area contributed by atoms with Crippen LogP contribution in [0.25, 0.3) is 11.0 Å². The molecule has 2 aromatic carbocycles. The summed E-state index contributed by atoms with van der Waals surface area (Å²) in [6.45, 7) is 3.83. The minimum atomic E-state index is -0.186. The second-order valence-corrected chi connectivity index (χ2v) is 5.42. The Balaban J connectivity index is 2.06. The Kier molecular flexibility index (Phi) is 3.52. The van der Waals surface area contributed by atoms with Gasteiger partial charge in [0, 0.05) is 5.39 Å². The highest BCUT2D eigenvalue weighted by molar-refractivity contribution is 5.79. The van der Waals surface area contributed by atoms with Gasteiger partial charge in [0.25, 0.3) is 0 Å². The predicted octanol–water partition coefficient (Wildman–Crippen LogP) is 4.50. The molecule has 3 heteroatoms. The van der Waals surface area contributed by atoms with Gasteiger partial charge in [-0.2, -0.15) is 0 Å². The lowest BCUT2D eigenvalue weighted by Gasteiger charge is -2.14. The number of aryl methyl sites for hydroxylation is 2. The maximum absolute atomic E-state index is 13.4. The molecule has 1 aromatic heterocycles. The van der Waals surface area contributed by atoms with Gasteiger partial charge < -0.3 is 9.73 Å². The van der Waals surface area contributed by atoms with E-state index in [0.717, 1.165) is 22.3 Å². The predicted molar refractivity (Wildman–Crippen MR) is 83.0 cm³/mol. The zero-order valence-electron chi connectivity index (χ0n) is 12.4. The molecular weight excluding hydrogens is 265 g/mol. The Bertz CT molecular complexity index is 791. The van der Waals surface area contributed by atoms with Crippen molar-refractivity contribution in [1.82, 2.24) is 5.32 Å². The Morgan fingerprint density at radius 3 is 2.57 bits per heavy atom. The molecule has 3 aromatic rings. The van der Waals surface area contributed by atoms with Gasteiger partial charge in [0.05, 0.1) is 6.04 Å². The standard InChI is InChI=1S/C18H18FNO/c1-11-4-7-16-14(8-11)10-17(21-16)18(20-3)13-5-6-15(19)12(2)9-13/h4-10,18,20H,1-3H3. The first-order valence-corrected chi connectivity index (χ1v) is 7.02. The summed E-state index contributed by atoms with van der Waals surface area (Å²) in [5, 5.41) is 4.33. The van der Waals surface area contributed by atoms with Crippen LogP contribution in [0.4, 0.5) is 4.39 Å². The van der Waals surface area contributed by atoms with E-state index < -0.39 is 0 Å². The SMILES string of the molecule is CNC(c1ccc(F)c(C)c1)c1cc2cc(C)ccc2o1. The molecule has 2 nitrogen and oxygen atoms in total. The molecule has 0 aliphatic carbocycles. The quantitative estimate of drug-likeness (QED) is 0.765. The summed E-state index contributed by atoms with van der Waals surface area (Å²) in [6, 6.07) is 13.2. The first-order valence-electron chi connectivity index (χ1n) is 7.02. The van der Waals surface area contributed by atoms with Gasteiger partial charge in [0.1, 0.15) is 17.2 Å². The average Bonchev–Trinajstić information content (AvgIpc) is 2.86. The van der Waals surface area contributed by atoms with Crippen LogP contribution in [0.1, 0.15) is 28.5 Å². The second-order valence-electron chi connectivity index (χ2n) is 5.42. The zero-order valence-corrected chi connectivity index (χ0v) is 12.4. The monoisotopic (exact) mass is 283 g/mol. The fourth-order valence-electron chi connectivity index (χ4n) is 2.65. The molecule has 0 saturated carbocycles. The Labute approximate surface area is 123 Å². The van der Waals surface area contributed by atoms with E-state index in [1.807, 2.05) is 31.3 Å². The molecule has 1 unspecified atom stereocenters. The van der Waals surface area contributed by atoms with E-state index in [1.54, 1.807) is 13.0 Å². The molecule has 1 N–H and O–H groups in total. The summed E-state index contributed by atoms with van der Waals surface area (Å²) in [5.74, 6) is 0.651. The van der Waals surface area contributed by atoms with E-state index in [0.29, 0.717) is 5.56 Å². The molecule has 3 rings (SSSR count). The van der Waals surface area contributed by atoms with Crippen LogP contribution in [-0.4, -0.2) is 7.05 Å². The number of hydrogen-bond donors (Lipinski definition) is 1. The summed E-state index contributed by atoms with van der Waals surface area (Å²) < 4.78 is 19.4. The van der Waals surface area contributed by atoms with Crippen molar-refractivity contribution in [2.75, 3.05) is 7.05 Å². The Morgan fingerprint density at radius 1 is 1.05 bits per heavy atom. The average molecular weight is 283 g/mol. The third-order valence-electron chi connectivity index (χ3n) is 3.78. The molecule has 0 spiro atoms. The molecule has 0 aliphatic heterocycles. The summed E-state index contributed by atoms with van der Waals surface area (Å²) in [4.78, 5) is 0. The highest BCUT2D eigenvalue weighted by Gasteiger charge is 2.17. The number of benzene rings is 2. The number of furan rings is 1. The summed E-state index contributed by atoms with van der Waals surface area (Å²) in [6.07, 6.45) is 0. The molecule has 108 valence electrons. The van der Waals surface area contributed by atoms with Crippen LogP contribution >= 0.6 is 0 Å². The summed E-state index contributed by atoms with van der Waals surface area (Å²) in [7, 11) is 1.88. The number of rotatable bonds is 3. The van der Waals surface area contributed by atoms with Crippen LogP contribution in [0.15, 0.2) is 46.9 Å². The van der Waals surface area contributed by atoms with Crippen LogP contribution in [0.2, 0.25) is 0 Å². The van der Waals surface area contributed by atoms with Gasteiger partial charge in [-0.1, -0.05) is 23.8 Å². The normalized spacial score (nSPS) is 12.8. The summed E-state index contributed by atoms with van der Waals surface area (Å²) >= 11 is 0. The van der Waals surface area contributed by atoms with E-state index in [9.17, 15) is 4.39 Å². The number of hydrogen-bond acceptors (Lipinski definition) is 2. The molecule has 0 radical (unpaired) electrons. The third kappa shape index (κ3) is 2.57. The minimum Gasteiger partial charge on any atom is -0.459 e. The zero-order chi connectivity index (χ0) is 15.0. The van der Waals surface area contributed by atoms with Crippen molar-refractivity contribution >= 4 is 11.0 Å². The van der Waals surface area contributed by atoms with Gasteiger partial charge in [-0.05, 0) is 56.3 Å². The molecule has 21 heavy (non-hydrogen) atoms. The first kappa shape index (κ1) is 13.8. The van der Waals surface area contributed by atoms with Crippen LogP contribution in [-0.2, 0) is 0 Å². The van der Waals surface area contributed by atoms with Gasteiger partial charge in [-0.15, -0.1) is 0 Å². The van der Waals surface area contributed by atoms with Crippen molar-refractivity contribution < 1.29 is 8.81 Å². The van der Waals surface area contributed by atoms with Crippen molar-refractivity contribution in [3.8, 4) is 0 Å². The Hall–Kier alpha value is -2.13. The fourth-order valence-corrected chi connectivity index (χ4v) is 2.65. The number of nitrogens with one attached hydrogen (secondary N) is 1. The Morgan fingerprint density at radius 2 is 1.86 bits per heavy atom. The fraction of sp³-hybridized carbons (Fsp3) is 0.222. The van der Waals surface area contributed by atoms with Gasteiger partial charge in [0.2, 0.25) is 0 Å². The first-order chi connectivity index (χ1) is 10.1. The van der Waals surface area contributed by atoms with Crippen molar-refractivity contribution in [3.05, 3.63) is 70.7 Å². The van der Waals surface area contributed by atoms with E-state index in [1.165, 1.54) is 11.6 Å². The maximum Gasteiger partial charge on any atom is 0.134 e. The van der Waals surface area contributed by atoms with Gasteiger partial charge >= 0.3 is 0 Å². The van der Waals surface area contributed by atoms with Crippen LogP contribution in [0.3, 0.4) is 0 Å². The van der Waals surface area contributed by atoms with E-state index >= 15 is 0 Å². The van der Waals surface area contributed by atoms with E-state index in [-0.39, 0.29) is 11.9 Å². The number of halogens is 1. The lowest BCUT2D eigenvalue weighted by atomic mass is 10.0. The van der Waals surface area contributed by atoms with Gasteiger partial charge in [-0.3, -0.25) is 0 Å². The molecule has 0 fully saturated rings. The molecular formula is C18H18FNO. The minimum absolute atomic E-state index is 0.0861. The van der Waals surface area contributed by atoms with Gasteiger partial charge in [0.15, 0.2) is 0 Å². The highest BCUT2D eigenvalue weighted by Crippen LogP contribution is 2.29. The highest BCUT2D eigenvalue weighted by atomic mass is 19.1. The molecule has 0 amide bonds. The van der Waals surface area contributed by atoms with Crippen LogP contribution in [0, 0.1) is 19.7 Å². The second kappa shape index (κ2) is 5.34. The van der Waals surface area contributed by atoms with Crippen LogP contribution in [0.5, 0.6) is 0 Å². The van der Waals surface area contributed by atoms with E-state index in [2.05, 4.69) is 18.3 Å². The lowest BCUT2D eigenvalue weighted by Crippen LogP contribution is -2.17. The third-order valence-corrected chi connectivity index (χ3v) is 3.78. The van der Waals surface area contributed by atoms with Crippen molar-refractivity contribution in [3.63, 3.8) is 0 Å². The maximum atomic E-state index is 13.4. The molecule has 0 saturated heterocycles. The smallest absolute Gasteiger partial charge is 0.134 e.